The van der Waals surface area contributed by atoms with E-state index in [9.17, 15) is 9.90 Å². The van der Waals surface area contributed by atoms with Gasteiger partial charge in [-0.25, -0.2) is 0 Å². The number of anilines is 1. The van der Waals surface area contributed by atoms with Crippen LogP contribution < -0.4 is 5.32 Å². The molecule has 0 unspecified atom stereocenters. The van der Waals surface area contributed by atoms with Crippen LogP contribution in [0.15, 0.2) is 60.7 Å². The molecule has 0 bridgehead atoms. The lowest BCUT2D eigenvalue weighted by atomic mass is 10.0. The minimum Gasteiger partial charge on any atom is -0.507 e. The number of phenolic OH excluding ortho intramolecular Hbond substituents is 1. The molecule has 0 saturated carbocycles. The third-order valence-corrected chi connectivity index (χ3v) is 6.14. The fourth-order valence-electron chi connectivity index (χ4n) is 4.18. The van der Waals surface area contributed by atoms with Gasteiger partial charge in [0.2, 0.25) is 0 Å². The van der Waals surface area contributed by atoms with Gasteiger partial charge in [-0.3, -0.25) is 4.79 Å². The second kappa shape index (κ2) is 12.9. The van der Waals surface area contributed by atoms with Crippen molar-refractivity contribution in [3.05, 3.63) is 71.8 Å². The molecule has 0 atom stereocenters. The van der Waals surface area contributed by atoms with Crippen molar-refractivity contribution < 1.29 is 9.90 Å². The zero-order valence-corrected chi connectivity index (χ0v) is 19.4. The molecule has 3 nitrogen and oxygen atoms in total. The van der Waals surface area contributed by atoms with E-state index in [0.29, 0.717) is 0 Å². The number of phenols is 1. The molecule has 3 aromatic rings. The number of aromatic hydroxyl groups is 1. The molecular weight excluding hydrogens is 394 g/mol. The Morgan fingerprint density at radius 2 is 1.31 bits per heavy atom. The SMILES string of the molecule is CCCCCCCCCCCCc1ccc(NC(=O)c2cc3ccccc3cc2O)cc1. The van der Waals surface area contributed by atoms with E-state index in [1.165, 1.54) is 69.8 Å². The smallest absolute Gasteiger partial charge is 0.259 e. The molecule has 0 aliphatic carbocycles. The molecule has 3 heteroatoms. The number of rotatable bonds is 13. The summed E-state index contributed by atoms with van der Waals surface area (Å²) in [6.07, 6.45) is 14.5. The Kier molecular flexibility index (Phi) is 9.61. The average molecular weight is 432 g/mol. The molecule has 0 heterocycles. The minimum atomic E-state index is -0.296. The van der Waals surface area contributed by atoms with E-state index in [0.717, 1.165) is 22.9 Å². The second-order valence-corrected chi connectivity index (χ2v) is 8.80. The second-order valence-electron chi connectivity index (χ2n) is 8.80. The predicted molar refractivity (Wildman–Crippen MR) is 136 cm³/mol. The van der Waals surface area contributed by atoms with Crippen molar-refractivity contribution >= 4 is 22.4 Å². The Labute approximate surface area is 192 Å². The lowest BCUT2D eigenvalue weighted by Gasteiger charge is -2.09. The summed E-state index contributed by atoms with van der Waals surface area (Å²) in [6, 6.07) is 19.1. The molecule has 0 aromatic heterocycles. The number of benzene rings is 3. The maximum absolute atomic E-state index is 12.7. The van der Waals surface area contributed by atoms with E-state index in [1.807, 2.05) is 36.4 Å². The van der Waals surface area contributed by atoms with Gasteiger partial charge in [0.05, 0.1) is 5.56 Å². The molecule has 3 aromatic carbocycles. The summed E-state index contributed by atoms with van der Waals surface area (Å²) < 4.78 is 0. The number of fused-ring (bicyclic) bond motifs is 1. The van der Waals surface area contributed by atoms with Crippen molar-refractivity contribution in [3.63, 3.8) is 0 Å². The van der Waals surface area contributed by atoms with Crippen LogP contribution in [-0.2, 0) is 6.42 Å². The largest absolute Gasteiger partial charge is 0.507 e. The Morgan fingerprint density at radius 3 is 1.94 bits per heavy atom. The monoisotopic (exact) mass is 431 g/mol. The molecule has 0 spiro atoms. The minimum absolute atomic E-state index is 0.00113. The van der Waals surface area contributed by atoms with Gasteiger partial charge in [-0.15, -0.1) is 0 Å². The van der Waals surface area contributed by atoms with Crippen molar-refractivity contribution in [1.82, 2.24) is 0 Å². The number of hydrogen-bond acceptors (Lipinski definition) is 2. The summed E-state index contributed by atoms with van der Waals surface area (Å²) in [6.45, 7) is 2.27. The first-order chi connectivity index (χ1) is 15.7. The highest BCUT2D eigenvalue weighted by Gasteiger charge is 2.12. The number of aryl methyl sites for hydroxylation is 1. The number of nitrogens with one attached hydrogen (secondary N) is 1. The zero-order chi connectivity index (χ0) is 22.6. The van der Waals surface area contributed by atoms with Crippen molar-refractivity contribution in [2.45, 2.75) is 77.6 Å². The van der Waals surface area contributed by atoms with Crippen molar-refractivity contribution in [1.29, 1.82) is 0 Å². The Hall–Kier alpha value is -2.81. The molecule has 3 rings (SSSR count). The Morgan fingerprint density at radius 1 is 0.750 bits per heavy atom. The van der Waals surface area contributed by atoms with E-state index in [-0.39, 0.29) is 17.2 Å². The highest BCUT2D eigenvalue weighted by atomic mass is 16.3. The molecule has 0 aliphatic rings. The lowest BCUT2D eigenvalue weighted by Crippen LogP contribution is -2.12. The van der Waals surface area contributed by atoms with Crippen LogP contribution >= 0.6 is 0 Å². The highest BCUT2D eigenvalue weighted by Crippen LogP contribution is 2.26. The van der Waals surface area contributed by atoms with Gasteiger partial charge in [0.15, 0.2) is 0 Å². The maximum Gasteiger partial charge on any atom is 0.259 e. The highest BCUT2D eigenvalue weighted by molar-refractivity contribution is 6.08. The third-order valence-electron chi connectivity index (χ3n) is 6.14. The number of carbonyl (C=O) groups is 1. The summed E-state index contributed by atoms with van der Waals surface area (Å²) in [5.74, 6) is -0.297. The number of unbranched alkanes of at least 4 members (excludes halogenated alkanes) is 9. The number of amides is 1. The fourth-order valence-corrected chi connectivity index (χ4v) is 4.18. The van der Waals surface area contributed by atoms with Gasteiger partial charge < -0.3 is 10.4 Å². The van der Waals surface area contributed by atoms with Gasteiger partial charge in [-0.2, -0.15) is 0 Å². The molecular formula is C29H37NO2. The van der Waals surface area contributed by atoms with Crippen LogP contribution in [0.3, 0.4) is 0 Å². The Bertz CT molecular complexity index is 978. The van der Waals surface area contributed by atoms with Crippen LogP contribution in [0.4, 0.5) is 5.69 Å². The van der Waals surface area contributed by atoms with E-state index < -0.39 is 0 Å². The molecule has 0 aliphatic heterocycles. The van der Waals surface area contributed by atoms with Crippen LogP contribution in [0.1, 0.15) is 87.1 Å². The van der Waals surface area contributed by atoms with Crippen molar-refractivity contribution in [2.24, 2.45) is 0 Å². The van der Waals surface area contributed by atoms with Crippen LogP contribution in [0.25, 0.3) is 10.8 Å². The fraction of sp³-hybridized carbons (Fsp3) is 0.414. The third kappa shape index (κ3) is 7.40. The van der Waals surface area contributed by atoms with Gasteiger partial charge >= 0.3 is 0 Å². The summed E-state index contributed by atoms with van der Waals surface area (Å²) >= 11 is 0. The molecule has 0 fully saturated rings. The molecule has 32 heavy (non-hydrogen) atoms. The zero-order valence-electron chi connectivity index (χ0n) is 19.4. The van der Waals surface area contributed by atoms with Crippen LogP contribution in [0.5, 0.6) is 5.75 Å². The van der Waals surface area contributed by atoms with Gasteiger partial charge in [0, 0.05) is 5.69 Å². The summed E-state index contributed by atoms with van der Waals surface area (Å²) in [4.78, 5) is 12.7. The normalized spacial score (nSPS) is 11.0. The lowest BCUT2D eigenvalue weighted by molar-refractivity contribution is 0.102. The van der Waals surface area contributed by atoms with Gasteiger partial charge in [-0.05, 0) is 53.4 Å². The molecule has 2 N–H and O–H groups in total. The quantitative estimate of drug-likeness (QED) is 0.268. The Balaban J connectivity index is 1.39. The van der Waals surface area contributed by atoms with E-state index in [4.69, 9.17) is 0 Å². The summed E-state index contributed by atoms with van der Waals surface area (Å²) in [7, 11) is 0. The molecule has 0 saturated heterocycles. The van der Waals surface area contributed by atoms with Crippen molar-refractivity contribution in [2.75, 3.05) is 5.32 Å². The standard InChI is InChI=1S/C29H37NO2/c1-2-3-4-5-6-7-8-9-10-11-14-23-17-19-26(20-18-23)30-29(32)27-21-24-15-12-13-16-25(24)22-28(27)31/h12-13,15-22,31H,2-11,14H2,1H3,(H,30,32). The van der Waals surface area contributed by atoms with Gasteiger partial charge in [0.1, 0.15) is 5.75 Å². The number of hydrogen-bond donors (Lipinski definition) is 2. The van der Waals surface area contributed by atoms with E-state index >= 15 is 0 Å². The first kappa shape index (κ1) is 23.8. The van der Waals surface area contributed by atoms with E-state index in [2.05, 4.69) is 24.4 Å². The van der Waals surface area contributed by atoms with Crippen molar-refractivity contribution in [3.8, 4) is 5.75 Å². The first-order valence-electron chi connectivity index (χ1n) is 12.3. The molecule has 170 valence electrons. The maximum atomic E-state index is 12.7. The topological polar surface area (TPSA) is 49.3 Å². The van der Waals surface area contributed by atoms with Crippen LogP contribution in [0, 0.1) is 0 Å². The van der Waals surface area contributed by atoms with Crippen LogP contribution in [0.2, 0.25) is 0 Å². The van der Waals surface area contributed by atoms with Crippen LogP contribution in [-0.4, -0.2) is 11.0 Å². The summed E-state index contributed by atoms with van der Waals surface area (Å²) in [5.41, 5.74) is 2.34. The number of carbonyl (C=O) groups excluding carboxylic acids is 1. The molecule has 0 radical (unpaired) electrons. The average Bonchev–Trinajstić information content (AvgIpc) is 2.81. The van der Waals surface area contributed by atoms with Gasteiger partial charge in [0.25, 0.3) is 5.91 Å². The molecule has 1 amide bonds. The summed E-state index contributed by atoms with van der Waals surface area (Å²) in [5, 5.41) is 15.0. The van der Waals surface area contributed by atoms with E-state index in [1.54, 1.807) is 12.1 Å². The predicted octanol–water partition coefficient (Wildman–Crippen LogP) is 8.26. The van der Waals surface area contributed by atoms with Gasteiger partial charge in [-0.1, -0.05) is 101 Å². The first-order valence-corrected chi connectivity index (χ1v) is 12.3.